The van der Waals surface area contributed by atoms with Crippen LogP contribution < -0.4 is 4.90 Å². The molecule has 1 aliphatic rings. The van der Waals surface area contributed by atoms with Crippen LogP contribution in [0.2, 0.25) is 0 Å². The van der Waals surface area contributed by atoms with E-state index in [0.29, 0.717) is 15.9 Å². The topological polar surface area (TPSA) is 32.8 Å². The van der Waals surface area contributed by atoms with Crippen LogP contribution in [0.25, 0.3) is 0 Å². The van der Waals surface area contributed by atoms with E-state index in [4.69, 9.17) is 4.65 Å². The molecule has 23 heavy (non-hydrogen) atoms. The van der Waals surface area contributed by atoms with E-state index in [0.717, 1.165) is 5.69 Å². The maximum atomic E-state index is 14.1. The van der Waals surface area contributed by atoms with Crippen LogP contribution in [-0.2, 0) is 11.7 Å². The van der Waals surface area contributed by atoms with Gasteiger partial charge in [0.2, 0.25) is 5.90 Å². The number of aryl methyl sites for hydroxylation is 1. The molecule has 2 heterocycles. The highest BCUT2D eigenvalue weighted by Crippen LogP contribution is 2.23. The summed E-state index contributed by atoms with van der Waals surface area (Å²) >= 11 is 0. The third-order valence-corrected chi connectivity index (χ3v) is 3.65. The molecular formula is C15H17BF2N4O. The second-order valence-corrected chi connectivity index (χ2v) is 5.58. The van der Waals surface area contributed by atoms with Gasteiger partial charge in [-0.25, -0.2) is 0 Å². The maximum Gasteiger partial charge on any atom is 0.859 e. The van der Waals surface area contributed by atoms with Crippen LogP contribution in [-0.4, -0.2) is 42.4 Å². The van der Waals surface area contributed by atoms with E-state index in [1.165, 1.54) is 6.21 Å². The highest BCUT2D eigenvalue weighted by molar-refractivity contribution is 6.54. The Hall–Kier alpha value is -2.64. The Balaban J connectivity index is 1.94. The minimum atomic E-state index is -4.22. The summed E-state index contributed by atoms with van der Waals surface area (Å²) in [5, 5.41) is 3.92. The number of benzene rings is 1. The quantitative estimate of drug-likeness (QED) is 0.814. The second kappa shape index (κ2) is 5.53. The van der Waals surface area contributed by atoms with Gasteiger partial charge >= 0.3 is 7.04 Å². The van der Waals surface area contributed by atoms with E-state index in [1.807, 2.05) is 31.1 Å². The number of anilines is 1. The highest BCUT2D eigenvalue weighted by Gasteiger charge is 2.54. The molecule has 1 aromatic carbocycles. The molecule has 8 heteroatoms. The third kappa shape index (κ3) is 2.97. The minimum absolute atomic E-state index is 0.0780. The summed E-state index contributed by atoms with van der Waals surface area (Å²) in [6.45, 7) is 0. The number of rotatable bonds is 3. The number of hydrogen-bond donors (Lipinski definition) is 0. The molecule has 1 aromatic heterocycles. The normalized spacial score (nSPS) is 18.0. The fourth-order valence-electron chi connectivity index (χ4n) is 2.27. The van der Waals surface area contributed by atoms with Crippen LogP contribution in [0.4, 0.5) is 14.3 Å². The van der Waals surface area contributed by atoms with E-state index in [-0.39, 0.29) is 5.90 Å². The van der Waals surface area contributed by atoms with Gasteiger partial charge in [0.05, 0.1) is 0 Å². The van der Waals surface area contributed by atoms with Gasteiger partial charge < -0.3 is 22.8 Å². The van der Waals surface area contributed by atoms with Crippen molar-refractivity contribution in [2.24, 2.45) is 12.1 Å². The molecule has 3 rings (SSSR count). The largest absolute Gasteiger partial charge is 0.859 e. The molecule has 1 aliphatic heterocycles. The fraction of sp³-hybridized carbons (Fsp3) is 0.200. The van der Waals surface area contributed by atoms with Crippen LogP contribution >= 0.6 is 0 Å². The molecule has 0 bridgehead atoms. The lowest BCUT2D eigenvalue weighted by molar-refractivity contribution is -0.426. The van der Waals surface area contributed by atoms with Crippen molar-refractivity contribution in [2.45, 2.75) is 0 Å². The Kier molecular flexibility index (Phi) is 3.67. The molecule has 0 unspecified atom stereocenters. The van der Waals surface area contributed by atoms with Gasteiger partial charge in [-0.05, 0) is 41.5 Å². The molecule has 120 valence electrons. The average molecular weight is 318 g/mol. The van der Waals surface area contributed by atoms with E-state index in [1.54, 1.807) is 42.1 Å². The van der Waals surface area contributed by atoms with Crippen molar-refractivity contribution >= 4 is 24.8 Å². The molecule has 0 saturated heterocycles. The molecular weight excluding hydrogens is 301 g/mol. The predicted molar refractivity (Wildman–Crippen MR) is 87.2 cm³/mol. The first-order valence-electron chi connectivity index (χ1n) is 7.18. The number of aromatic nitrogens is 1. The molecule has 2 aromatic rings. The second-order valence-electron chi connectivity index (χ2n) is 5.58. The molecule has 0 radical (unpaired) electrons. The van der Waals surface area contributed by atoms with Crippen molar-refractivity contribution in [2.75, 3.05) is 19.0 Å². The third-order valence-electron chi connectivity index (χ3n) is 3.65. The Labute approximate surface area is 133 Å². The maximum absolute atomic E-state index is 14.1. The van der Waals surface area contributed by atoms with Crippen LogP contribution in [0, 0.1) is 0 Å². The SMILES string of the molecule is CN(C)c1ccc(C2=N/[N+](=C\c3cccn3C)[B-](F)(F)O2)cc1. The van der Waals surface area contributed by atoms with Gasteiger partial charge in [-0.1, -0.05) is 0 Å². The average Bonchev–Trinajstić information content (AvgIpc) is 3.03. The van der Waals surface area contributed by atoms with Gasteiger partial charge in [-0.2, -0.15) is 4.60 Å². The summed E-state index contributed by atoms with van der Waals surface area (Å²) in [5.74, 6) is -0.0780. The van der Waals surface area contributed by atoms with Crippen LogP contribution in [0.5, 0.6) is 0 Å². The summed E-state index contributed by atoms with van der Waals surface area (Å²) in [5.41, 5.74) is 2.10. The van der Waals surface area contributed by atoms with E-state index >= 15 is 0 Å². The Bertz CT molecular complexity index is 781. The zero-order valence-electron chi connectivity index (χ0n) is 13.1. The van der Waals surface area contributed by atoms with E-state index in [2.05, 4.69) is 5.10 Å². The molecule has 5 nitrogen and oxygen atoms in total. The van der Waals surface area contributed by atoms with Gasteiger partial charge in [0.1, 0.15) is 5.69 Å². The molecule has 0 aliphatic carbocycles. The first-order chi connectivity index (χ1) is 10.9. The van der Waals surface area contributed by atoms with Crippen LogP contribution in [0.1, 0.15) is 11.3 Å². The molecule has 0 N–H and O–H groups in total. The summed E-state index contributed by atoms with van der Waals surface area (Å²) in [4.78, 5) is 1.93. The summed E-state index contributed by atoms with van der Waals surface area (Å²) in [6, 6.07) is 10.6. The molecule has 0 amide bonds. The Morgan fingerprint density at radius 2 is 1.91 bits per heavy atom. The van der Waals surface area contributed by atoms with Crippen LogP contribution in [0.15, 0.2) is 47.7 Å². The molecule has 0 spiro atoms. The standard InChI is InChI=1S/C15H17BF2N4O/c1-20(2)13-8-6-12(7-9-13)15-19-22(16(17,18)23-15)11-14-5-4-10-21(14)3/h4-11H,1-3H3/b22-11-. The summed E-state index contributed by atoms with van der Waals surface area (Å²) in [6.07, 6.45) is 3.06. The van der Waals surface area contributed by atoms with Crippen molar-refractivity contribution < 1.29 is 17.9 Å². The number of halogens is 2. The first kappa shape index (κ1) is 15.3. The zero-order chi connectivity index (χ0) is 16.6. The molecule has 0 saturated carbocycles. The highest BCUT2D eigenvalue weighted by atomic mass is 19.3. The Morgan fingerprint density at radius 1 is 1.22 bits per heavy atom. The number of nitrogens with zero attached hydrogens (tertiary/aromatic N) is 4. The van der Waals surface area contributed by atoms with Gasteiger partial charge in [0, 0.05) is 38.6 Å². The zero-order valence-corrected chi connectivity index (χ0v) is 13.1. The van der Waals surface area contributed by atoms with Crippen molar-refractivity contribution in [3.63, 3.8) is 0 Å². The predicted octanol–water partition coefficient (Wildman–Crippen LogP) is 2.29. The Morgan fingerprint density at radius 3 is 2.48 bits per heavy atom. The lowest BCUT2D eigenvalue weighted by atomic mass is 10.1. The van der Waals surface area contributed by atoms with E-state index in [9.17, 15) is 8.63 Å². The minimum Gasteiger partial charge on any atom is -0.580 e. The van der Waals surface area contributed by atoms with Gasteiger partial charge in [-0.15, -0.1) is 0 Å². The van der Waals surface area contributed by atoms with Crippen molar-refractivity contribution in [3.05, 3.63) is 53.9 Å². The van der Waals surface area contributed by atoms with Gasteiger partial charge in [0.15, 0.2) is 6.21 Å². The van der Waals surface area contributed by atoms with Crippen molar-refractivity contribution in [1.29, 1.82) is 0 Å². The number of hydrogen-bond acceptors (Lipinski definition) is 3. The first-order valence-corrected chi connectivity index (χ1v) is 7.18. The summed E-state index contributed by atoms with van der Waals surface area (Å²) < 4.78 is 35.3. The van der Waals surface area contributed by atoms with Gasteiger partial charge in [-0.3, -0.25) is 0 Å². The molecule has 0 atom stereocenters. The lowest BCUT2D eigenvalue weighted by Crippen LogP contribution is -2.36. The van der Waals surface area contributed by atoms with Crippen LogP contribution in [0.3, 0.4) is 0 Å². The smallest absolute Gasteiger partial charge is 0.580 e. The molecule has 0 fully saturated rings. The lowest BCUT2D eigenvalue weighted by Gasteiger charge is -2.13. The van der Waals surface area contributed by atoms with Gasteiger partial charge in [0.25, 0.3) is 0 Å². The fourth-order valence-corrected chi connectivity index (χ4v) is 2.27. The summed E-state index contributed by atoms with van der Waals surface area (Å²) in [7, 11) is 1.38. The van der Waals surface area contributed by atoms with E-state index < -0.39 is 7.04 Å². The van der Waals surface area contributed by atoms with Crippen molar-refractivity contribution in [3.8, 4) is 0 Å². The van der Waals surface area contributed by atoms with Crippen molar-refractivity contribution in [1.82, 2.24) is 4.57 Å². The monoisotopic (exact) mass is 318 g/mol. The number of hydrazone groups is 1.